The van der Waals surface area contributed by atoms with Crippen LogP contribution in [-0.2, 0) is 0 Å². The molecule has 0 radical (unpaired) electrons. The summed E-state index contributed by atoms with van der Waals surface area (Å²) in [5.41, 5.74) is 3.21. The van der Waals surface area contributed by atoms with Crippen molar-refractivity contribution in [2.75, 3.05) is 45.1 Å². The maximum atomic E-state index is 12.3. The number of piperazine rings is 1. The second kappa shape index (κ2) is 6.31. The molecule has 1 aromatic carbocycles. The van der Waals surface area contributed by atoms with E-state index in [-0.39, 0.29) is 6.03 Å². The highest BCUT2D eigenvalue weighted by atomic mass is 16.2. The number of carbonyl (C=O) groups is 1. The van der Waals surface area contributed by atoms with Crippen LogP contribution in [0.4, 0.5) is 10.5 Å². The topological polar surface area (TPSA) is 32.3 Å². The van der Waals surface area contributed by atoms with E-state index in [1.807, 2.05) is 37.0 Å². The third-order valence-electron chi connectivity index (χ3n) is 4.15. The van der Waals surface area contributed by atoms with Crippen molar-refractivity contribution in [3.05, 3.63) is 42.0 Å². The Morgan fingerprint density at radius 2 is 1.86 bits per heavy atom. The van der Waals surface area contributed by atoms with E-state index < -0.39 is 0 Å². The molecule has 4 heteroatoms. The number of aryl methyl sites for hydroxylation is 2. The third kappa shape index (κ3) is 4.08. The molecule has 4 nitrogen and oxygen atoms in total. The molecule has 0 atom stereocenters. The summed E-state index contributed by atoms with van der Waals surface area (Å²) < 4.78 is 0.969. The van der Waals surface area contributed by atoms with Crippen LogP contribution in [0.15, 0.2) is 30.9 Å². The average molecular weight is 288 g/mol. The van der Waals surface area contributed by atoms with Crippen LogP contribution in [0.5, 0.6) is 0 Å². The van der Waals surface area contributed by atoms with Gasteiger partial charge in [0.2, 0.25) is 0 Å². The minimum absolute atomic E-state index is 0.00449. The van der Waals surface area contributed by atoms with E-state index in [2.05, 4.69) is 25.0 Å². The molecule has 1 saturated heterocycles. The van der Waals surface area contributed by atoms with Gasteiger partial charge in [-0.05, 0) is 43.2 Å². The maximum Gasteiger partial charge on any atom is 0.322 e. The van der Waals surface area contributed by atoms with Gasteiger partial charge in [-0.25, -0.2) is 4.79 Å². The van der Waals surface area contributed by atoms with Crippen LogP contribution >= 0.6 is 0 Å². The van der Waals surface area contributed by atoms with E-state index in [4.69, 9.17) is 0 Å². The molecule has 1 aliphatic heterocycles. The monoisotopic (exact) mass is 288 g/mol. The van der Waals surface area contributed by atoms with Crippen molar-refractivity contribution in [2.45, 2.75) is 13.8 Å². The van der Waals surface area contributed by atoms with E-state index in [9.17, 15) is 4.79 Å². The molecule has 2 rings (SSSR count). The first kappa shape index (κ1) is 15.6. The van der Waals surface area contributed by atoms with Gasteiger partial charge < -0.3 is 14.7 Å². The molecule has 1 heterocycles. The largest absolute Gasteiger partial charge is 0.322 e. The van der Waals surface area contributed by atoms with Gasteiger partial charge in [0.1, 0.15) is 0 Å². The van der Waals surface area contributed by atoms with E-state index in [1.54, 1.807) is 0 Å². The van der Waals surface area contributed by atoms with Crippen LogP contribution in [0, 0.1) is 13.8 Å². The van der Waals surface area contributed by atoms with Gasteiger partial charge in [-0.15, -0.1) is 0 Å². The number of quaternary nitrogens is 1. The highest BCUT2D eigenvalue weighted by molar-refractivity contribution is 5.89. The Bertz CT molecular complexity index is 511. The molecular weight excluding hydrogens is 262 g/mol. The molecule has 1 aromatic rings. The summed E-state index contributed by atoms with van der Waals surface area (Å²) in [7, 11) is 2.22. The minimum atomic E-state index is 0.00449. The first-order chi connectivity index (χ1) is 9.92. The van der Waals surface area contributed by atoms with E-state index in [0.717, 1.165) is 42.9 Å². The summed E-state index contributed by atoms with van der Waals surface area (Å²) in [5, 5.41) is 3.01. The summed E-state index contributed by atoms with van der Waals surface area (Å²) in [5.74, 6) is 0. The van der Waals surface area contributed by atoms with Crippen molar-refractivity contribution >= 4 is 11.7 Å². The van der Waals surface area contributed by atoms with Crippen molar-refractivity contribution in [1.82, 2.24) is 4.90 Å². The number of likely N-dealkylation sites (N-methyl/N-ethyl adjacent to an activating group) is 1. The predicted molar refractivity (Wildman–Crippen MR) is 87.5 cm³/mol. The van der Waals surface area contributed by atoms with Crippen molar-refractivity contribution < 1.29 is 9.28 Å². The highest BCUT2D eigenvalue weighted by Crippen LogP contribution is 2.16. The number of hydrogen-bond donors (Lipinski definition) is 1. The maximum absolute atomic E-state index is 12.3. The second-order valence-corrected chi connectivity index (χ2v) is 6.33. The zero-order chi connectivity index (χ0) is 15.5. The van der Waals surface area contributed by atoms with Crippen molar-refractivity contribution in [1.29, 1.82) is 0 Å². The summed E-state index contributed by atoms with van der Waals surface area (Å²) in [4.78, 5) is 14.3. The van der Waals surface area contributed by atoms with Gasteiger partial charge in [0, 0.05) is 5.69 Å². The summed E-state index contributed by atoms with van der Waals surface area (Å²) in [6.07, 6.45) is 1.96. The number of nitrogens with one attached hydrogen (secondary N) is 1. The highest BCUT2D eigenvalue weighted by Gasteiger charge is 2.29. The molecule has 0 aromatic heterocycles. The van der Waals surface area contributed by atoms with Gasteiger partial charge in [-0.1, -0.05) is 12.6 Å². The Morgan fingerprint density at radius 1 is 1.29 bits per heavy atom. The zero-order valence-corrected chi connectivity index (χ0v) is 13.4. The van der Waals surface area contributed by atoms with Gasteiger partial charge in [-0.2, -0.15) is 0 Å². The molecule has 0 saturated carbocycles. The molecule has 1 fully saturated rings. The lowest BCUT2D eigenvalue weighted by Crippen LogP contribution is -2.58. The van der Waals surface area contributed by atoms with Crippen molar-refractivity contribution in [3.63, 3.8) is 0 Å². The van der Waals surface area contributed by atoms with Crippen LogP contribution in [0.1, 0.15) is 11.1 Å². The van der Waals surface area contributed by atoms with Crippen molar-refractivity contribution in [2.24, 2.45) is 0 Å². The molecule has 1 N–H and O–H groups in total. The van der Waals surface area contributed by atoms with Crippen molar-refractivity contribution in [3.8, 4) is 0 Å². The predicted octanol–water partition coefficient (Wildman–Crippen LogP) is 2.78. The van der Waals surface area contributed by atoms with Crippen LogP contribution in [-0.4, -0.2) is 55.2 Å². The number of urea groups is 1. The van der Waals surface area contributed by atoms with Crippen LogP contribution in [0.25, 0.3) is 0 Å². The number of amides is 2. The Hall–Kier alpha value is -1.81. The first-order valence-corrected chi connectivity index (χ1v) is 7.50. The van der Waals surface area contributed by atoms with E-state index >= 15 is 0 Å². The molecule has 2 amide bonds. The molecule has 114 valence electrons. The number of nitrogens with zero attached hydrogens (tertiary/aromatic N) is 2. The quantitative estimate of drug-likeness (QED) is 0.673. The fourth-order valence-electron chi connectivity index (χ4n) is 2.89. The number of hydrogen-bond acceptors (Lipinski definition) is 1. The average Bonchev–Trinajstić information content (AvgIpc) is 2.38. The van der Waals surface area contributed by atoms with Gasteiger partial charge in [0.25, 0.3) is 0 Å². The molecule has 0 unspecified atom stereocenters. The van der Waals surface area contributed by atoms with Gasteiger partial charge >= 0.3 is 6.03 Å². The van der Waals surface area contributed by atoms with E-state index in [1.165, 1.54) is 11.1 Å². The molecular formula is C17H26N3O+. The third-order valence-corrected chi connectivity index (χ3v) is 4.15. The fourth-order valence-corrected chi connectivity index (χ4v) is 2.89. The fraction of sp³-hybridized carbons (Fsp3) is 0.471. The second-order valence-electron chi connectivity index (χ2n) is 6.33. The number of rotatable bonds is 3. The number of carbonyl (C=O) groups excluding carboxylic acids is 1. The lowest BCUT2D eigenvalue weighted by molar-refractivity contribution is -0.907. The lowest BCUT2D eigenvalue weighted by atomic mass is 10.1. The van der Waals surface area contributed by atoms with E-state index in [0.29, 0.717) is 0 Å². The van der Waals surface area contributed by atoms with Crippen LogP contribution < -0.4 is 5.32 Å². The van der Waals surface area contributed by atoms with Gasteiger partial charge in [-0.3, -0.25) is 0 Å². The molecule has 21 heavy (non-hydrogen) atoms. The minimum Gasteiger partial charge on any atom is -0.320 e. The van der Waals surface area contributed by atoms with Crippen LogP contribution in [0.3, 0.4) is 0 Å². The lowest BCUT2D eigenvalue weighted by Gasteiger charge is -2.41. The number of benzene rings is 1. The smallest absolute Gasteiger partial charge is 0.320 e. The molecule has 1 aliphatic rings. The SMILES string of the molecule is C=CC[N+]1(C)CCN(C(=O)Nc2cc(C)cc(C)c2)CC1. The van der Waals surface area contributed by atoms with Gasteiger partial charge in [0.15, 0.2) is 0 Å². The summed E-state index contributed by atoms with van der Waals surface area (Å²) in [6.45, 7) is 12.4. The Kier molecular flexibility index (Phi) is 4.68. The standard InChI is InChI=1S/C17H25N3O/c1-5-8-20(4)9-6-19(7-10-20)17(21)18-16-12-14(2)11-15(3)13-16/h5,11-13H,1,6-10H2,2-4H3/p+1. The Labute approximate surface area is 127 Å². The number of anilines is 1. The molecule has 0 bridgehead atoms. The summed E-state index contributed by atoms with van der Waals surface area (Å²) >= 11 is 0. The molecule has 0 spiro atoms. The zero-order valence-electron chi connectivity index (χ0n) is 13.4. The Balaban J connectivity index is 1.94. The Morgan fingerprint density at radius 3 is 2.38 bits per heavy atom. The first-order valence-electron chi connectivity index (χ1n) is 7.50. The summed E-state index contributed by atoms with van der Waals surface area (Å²) in [6, 6.07) is 6.12. The normalized spacial score (nSPS) is 17.4. The van der Waals surface area contributed by atoms with Crippen LogP contribution in [0.2, 0.25) is 0 Å². The van der Waals surface area contributed by atoms with Gasteiger partial charge in [0.05, 0.1) is 39.8 Å². The molecule has 0 aliphatic carbocycles.